The Kier molecular flexibility index (Phi) is 4.05. The largest absolute Gasteiger partial charge is 0.347 e. The molecule has 7 heteroatoms. The summed E-state index contributed by atoms with van der Waals surface area (Å²) in [5.74, 6) is -0.739. The third-order valence-electron chi connectivity index (χ3n) is 4.66. The first-order chi connectivity index (χ1) is 12.2. The van der Waals surface area contributed by atoms with E-state index >= 15 is 0 Å². The van der Waals surface area contributed by atoms with Gasteiger partial charge in [-0.3, -0.25) is 4.79 Å². The van der Waals surface area contributed by atoms with E-state index in [1.807, 2.05) is 10.8 Å². The van der Waals surface area contributed by atoms with Gasteiger partial charge in [-0.15, -0.1) is 0 Å². The van der Waals surface area contributed by atoms with Gasteiger partial charge in [0.15, 0.2) is 0 Å². The Bertz CT molecular complexity index is 860. The minimum absolute atomic E-state index is 0.0237. The lowest BCUT2D eigenvalue weighted by atomic mass is 10.1. The number of aromatic nitrogens is 4. The van der Waals surface area contributed by atoms with Crippen LogP contribution in [0.15, 0.2) is 55.4 Å². The number of carbonyl (C=O) groups excluding carboxylic acids is 1. The van der Waals surface area contributed by atoms with Gasteiger partial charge in [-0.2, -0.15) is 5.10 Å². The van der Waals surface area contributed by atoms with Gasteiger partial charge in [0.1, 0.15) is 11.5 Å². The summed E-state index contributed by atoms with van der Waals surface area (Å²) in [6, 6.07) is 6.38. The average molecular weight is 339 g/mol. The molecule has 1 aliphatic rings. The lowest BCUT2D eigenvalue weighted by molar-refractivity contribution is 0.0928. The minimum Gasteiger partial charge on any atom is -0.347 e. The number of carbonyl (C=O) groups is 1. The molecule has 4 rings (SSSR count). The van der Waals surface area contributed by atoms with Gasteiger partial charge in [0, 0.05) is 36.4 Å². The van der Waals surface area contributed by atoms with Crippen molar-refractivity contribution >= 4 is 5.91 Å². The van der Waals surface area contributed by atoms with Crippen LogP contribution in [-0.2, 0) is 0 Å². The van der Waals surface area contributed by atoms with E-state index in [1.165, 1.54) is 10.7 Å². The second-order valence-electron chi connectivity index (χ2n) is 6.20. The highest BCUT2D eigenvalue weighted by Crippen LogP contribution is 2.30. The maximum absolute atomic E-state index is 14.3. The Morgan fingerprint density at radius 3 is 2.88 bits per heavy atom. The topological polar surface area (TPSA) is 64.7 Å². The zero-order valence-corrected chi connectivity index (χ0v) is 13.5. The van der Waals surface area contributed by atoms with Gasteiger partial charge in [-0.25, -0.2) is 14.1 Å². The highest BCUT2D eigenvalue weighted by atomic mass is 19.1. The molecule has 1 fully saturated rings. The SMILES string of the molecule is O=C(N[C@@H]1CCC[C@H]1n1ccnc1)c1ccc(-n2cccn2)c(F)c1. The number of hydrogen-bond donors (Lipinski definition) is 1. The Morgan fingerprint density at radius 1 is 1.24 bits per heavy atom. The highest BCUT2D eigenvalue weighted by molar-refractivity contribution is 5.94. The molecule has 2 aromatic heterocycles. The van der Waals surface area contributed by atoms with Crippen molar-refractivity contribution in [1.82, 2.24) is 24.6 Å². The first kappa shape index (κ1) is 15.6. The molecule has 1 aliphatic carbocycles. The highest BCUT2D eigenvalue weighted by Gasteiger charge is 2.30. The molecule has 0 spiro atoms. The third-order valence-corrected chi connectivity index (χ3v) is 4.66. The number of imidazole rings is 1. The van der Waals surface area contributed by atoms with Crippen LogP contribution in [0, 0.1) is 5.82 Å². The van der Waals surface area contributed by atoms with Gasteiger partial charge < -0.3 is 9.88 Å². The summed E-state index contributed by atoms with van der Waals surface area (Å²) in [4.78, 5) is 16.6. The van der Waals surface area contributed by atoms with E-state index < -0.39 is 5.82 Å². The quantitative estimate of drug-likeness (QED) is 0.795. The predicted octanol–water partition coefficient (Wildman–Crippen LogP) is 2.73. The van der Waals surface area contributed by atoms with Gasteiger partial charge in [-0.05, 0) is 43.5 Å². The number of hydrogen-bond acceptors (Lipinski definition) is 3. The maximum atomic E-state index is 14.3. The number of benzene rings is 1. The molecule has 0 aliphatic heterocycles. The van der Waals surface area contributed by atoms with E-state index in [9.17, 15) is 9.18 Å². The molecule has 0 radical (unpaired) electrons. The van der Waals surface area contributed by atoms with Crippen LogP contribution in [0.2, 0.25) is 0 Å². The maximum Gasteiger partial charge on any atom is 0.251 e. The molecule has 2 atom stereocenters. The molecule has 128 valence electrons. The number of halogens is 1. The second kappa shape index (κ2) is 6.51. The summed E-state index contributed by atoms with van der Waals surface area (Å²) >= 11 is 0. The summed E-state index contributed by atoms with van der Waals surface area (Å²) < 4.78 is 17.8. The monoisotopic (exact) mass is 339 g/mol. The Morgan fingerprint density at radius 2 is 2.16 bits per heavy atom. The third kappa shape index (κ3) is 3.05. The summed E-state index contributed by atoms with van der Waals surface area (Å²) in [6.45, 7) is 0. The molecule has 0 unspecified atom stereocenters. The van der Waals surface area contributed by atoms with Crippen LogP contribution in [0.4, 0.5) is 4.39 Å². The van der Waals surface area contributed by atoms with Crippen LogP contribution in [0.25, 0.3) is 5.69 Å². The lowest BCUT2D eigenvalue weighted by Crippen LogP contribution is -2.38. The summed E-state index contributed by atoms with van der Waals surface area (Å²) in [5, 5.41) is 7.05. The molecule has 3 aromatic rings. The summed E-state index contributed by atoms with van der Waals surface area (Å²) in [5.41, 5.74) is 0.628. The van der Waals surface area contributed by atoms with Crippen molar-refractivity contribution in [1.29, 1.82) is 0 Å². The van der Waals surface area contributed by atoms with Gasteiger partial charge in [0.05, 0.1) is 12.4 Å². The van der Waals surface area contributed by atoms with E-state index in [4.69, 9.17) is 0 Å². The fourth-order valence-electron chi connectivity index (χ4n) is 3.43. The average Bonchev–Trinajstić information content (AvgIpc) is 3.36. The summed E-state index contributed by atoms with van der Waals surface area (Å²) in [6.07, 6.45) is 11.6. The van der Waals surface area contributed by atoms with Crippen LogP contribution in [0.5, 0.6) is 0 Å². The molecule has 1 aromatic carbocycles. The zero-order valence-electron chi connectivity index (χ0n) is 13.5. The van der Waals surface area contributed by atoms with Crippen LogP contribution >= 0.6 is 0 Å². The van der Waals surface area contributed by atoms with Gasteiger partial charge in [0.2, 0.25) is 0 Å². The molecular weight excluding hydrogens is 321 g/mol. The minimum atomic E-state index is -0.478. The lowest BCUT2D eigenvalue weighted by Gasteiger charge is -2.22. The second-order valence-corrected chi connectivity index (χ2v) is 6.20. The molecule has 25 heavy (non-hydrogen) atoms. The van der Waals surface area contributed by atoms with E-state index in [-0.39, 0.29) is 18.0 Å². The fraction of sp³-hybridized carbons (Fsp3) is 0.278. The molecule has 0 bridgehead atoms. The van der Waals surface area contributed by atoms with Crippen molar-refractivity contribution in [3.05, 3.63) is 66.8 Å². The molecule has 6 nitrogen and oxygen atoms in total. The van der Waals surface area contributed by atoms with Crippen LogP contribution in [0.3, 0.4) is 0 Å². The molecule has 1 N–H and O–H groups in total. The standard InChI is InChI=1S/C18H18FN5O/c19-14-11-13(5-6-16(14)24-9-2-7-21-24)18(25)22-15-3-1-4-17(15)23-10-8-20-12-23/h2,5-12,15,17H,1,3-4H2,(H,22,25)/t15-,17-/m1/s1. The van der Waals surface area contributed by atoms with Crippen molar-refractivity contribution < 1.29 is 9.18 Å². The molecule has 1 amide bonds. The van der Waals surface area contributed by atoms with Crippen LogP contribution < -0.4 is 5.32 Å². The van der Waals surface area contributed by atoms with Crippen molar-refractivity contribution in [2.75, 3.05) is 0 Å². The van der Waals surface area contributed by atoms with E-state index in [0.29, 0.717) is 11.3 Å². The predicted molar refractivity (Wildman–Crippen MR) is 89.9 cm³/mol. The van der Waals surface area contributed by atoms with Crippen LogP contribution in [-0.4, -0.2) is 31.3 Å². The fourth-order valence-corrected chi connectivity index (χ4v) is 3.43. The van der Waals surface area contributed by atoms with E-state index in [1.54, 1.807) is 43.1 Å². The van der Waals surface area contributed by atoms with Gasteiger partial charge >= 0.3 is 0 Å². The first-order valence-corrected chi connectivity index (χ1v) is 8.30. The molecular formula is C18H18FN5O. The van der Waals surface area contributed by atoms with Crippen molar-refractivity contribution in [2.45, 2.75) is 31.3 Å². The number of nitrogens with one attached hydrogen (secondary N) is 1. The first-order valence-electron chi connectivity index (χ1n) is 8.30. The smallest absolute Gasteiger partial charge is 0.251 e. The van der Waals surface area contributed by atoms with Crippen molar-refractivity contribution in [2.24, 2.45) is 0 Å². The normalized spacial score (nSPS) is 19.9. The zero-order chi connectivity index (χ0) is 17.2. The molecule has 2 heterocycles. The summed E-state index contributed by atoms with van der Waals surface area (Å²) in [7, 11) is 0. The Labute approximate surface area is 144 Å². The number of amides is 1. The van der Waals surface area contributed by atoms with Crippen molar-refractivity contribution in [3.8, 4) is 5.69 Å². The van der Waals surface area contributed by atoms with Gasteiger partial charge in [-0.1, -0.05) is 0 Å². The Balaban J connectivity index is 1.50. The number of rotatable bonds is 4. The van der Waals surface area contributed by atoms with E-state index in [2.05, 4.69) is 15.4 Å². The van der Waals surface area contributed by atoms with Crippen LogP contribution in [0.1, 0.15) is 35.7 Å². The molecule has 1 saturated carbocycles. The number of nitrogens with zero attached hydrogens (tertiary/aromatic N) is 4. The van der Waals surface area contributed by atoms with Crippen molar-refractivity contribution in [3.63, 3.8) is 0 Å². The Hall–Kier alpha value is -2.96. The van der Waals surface area contributed by atoms with Gasteiger partial charge in [0.25, 0.3) is 5.91 Å². The molecule has 0 saturated heterocycles. The van der Waals surface area contributed by atoms with E-state index in [0.717, 1.165) is 19.3 Å².